The third-order valence-electron chi connectivity index (χ3n) is 2.12. The van der Waals surface area contributed by atoms with E-state index in [2.05, 4.69) is 39.1 Å². The van der Waals surface area contributed by atoms with Gasteiger partial charge < -0.3 is 5.32 Å². The van der Waals surface area contributed by atoms with Crippen LogP contribution >= 0.6 is 0 Å². The summed E-state index contributed by atoms with van der Waals surface area (Å²) in [4.78, 5) is 3.76. The molecule has 0 radical (unpaired) electrons. The summed E-state index contributed by atoms with van der Waals surface area (Å²) < 4.78 is 25.6. The van der Waals surface area contributed by atoms with Crippen LogP contribution in [0.5, 0.6) is 0 Å². The predicted octanol–water partition coefficient (Wildman–Crippen LogP) is 0.391. The topological polar surface area (TPSA) is 96.9 Å². The maximum absolute atomic E-state index is 11.7. The van der Waals surface area contributed by atoms with Crippen molar-refractivity contribution in [3.8, 4) is 0 Å². The van der Waals surface area contributed by atoms with Gasteiger partial charge in [0, 0.05) is 6.04 Å². The molecule has 2 N–H and O–H groups in total. The summed E-state index contributed by atoms with van der Waals surface area (Å²) in [5.74, 6) is 0.0724. The Hall–Kier alpha value is -1.28. The Bertz CT molecular complexity index is 435. The SMILES string of the molecule is CC(C)NCCCCS(=O)(=O)Nc1nccnn1. The van der Waals surface area contributed by atoms with E-state index in [1.807, 2.05) is 0 Å². The lowest BCUT2D eigenvalue weighted by Crippen LogP contribution is -2.24. The monoisotopic (exact) mass is 273 g/mol. The molecule has 0 atom stereocenters. The molecule has 1 aromatic rings. The van der Waals surface area contributed by atoms with Crippen molar-refractivity contribution in [2.45, 2.75) is 32.7 Å². The van der Waals surface area contributed by atoms with E-state index in [0.29, 0.717) is 12.5 Å². The van der Waals surface area contributed by atoms with E-state index in [4.69, 9.17) is 0 Å². The standard InChI is InChI=1S/C10H19N5O2S/c1-9(2)11-5-3-4-8-18(16,17)15-10-12-6-7-13-14-10/h6-7,9,11H,3-5,8H2,1-2H3,(H,12,14,15). The number of anilines is 1. The highest BCUT2D eigenvalue weighted by atomic mass is 32.2. The minimum Gasteiger partial charge on any atom is -0.315 e. The molecule has 0 saturated heterocycles. The molecule has 8 heteroatoms. The van der Waals surface area contributed by atoms with Crippen molar-refractivity contribution in [1.82, 2.24) is 20.5 Å². The van der Waals surface area contributed by atoms with E-state index >= 15 is 0 Å². The first-order valence-electron chi connectivity index (χ1n) is 5.87. The molecular weight excluding hydrogens is 254 g/mol. The molecule has 0 amide bonds. The smallest absolute Gasteiger partial charge is 0.256 e. The maximum Gasteiger partial charge on any atom is 0.256 e. The average molecular weight is 273 g/mol. The number of rotatable bonds is 8. The summed E-state index contributed by atoms with van der Waals surface area (Å²) >= 11 is 0. The normalized spacial score (nSPS) is 11.7. The summed E-state index contributed by atoms with van der Waals surface area (Å²) in [6, 6.07) is 0.420. The Morgan fingerprint density at radius 1 is 1.28 bits per heavy atom. The van der Waals surface area contributed by atoms with Gasteiger partial charge >= 0.3 is 0 Å². The van der Waals surface area contributed by atoms with Crippen LogP contribution in [0, 0.1) is 0 Å². The van der Waals surface area contributed by atoms with E-state index in [0.717, 1.165) is 13.0 Å². The molecule has 0 bridgehead atoms. The Morgan fingerprint density at radius 2 is 2.06 bits per heavy atom. The summed E-state index contributed by atoms with van der Waals surface area (Å²) in [6.07, 6.45) is 4.18. The first kappa shape index (κ1) is 14.8. The molecule has 0 aliphatic heterocycles. The van der Waals surface area contributed by atoms with Gasteiger partial charge in [-0.15, -0.1) is 5.10 Å². The van der Waals surface area contributed by atoms with Crippen LogP contribution in [0.2, 0.25) is 0 Å². The van der Waals surface area contributed by atoms with Crippen molar-refractivity contribution in [3.05, 3.63) is 12.4 Å². The van der Waals surface area contributed by atoms with Crippen molar-refractivity contribution in [2.24, 2.45) is 0 Å². The fourth-order valence-corrected chi connectivity index (χ4v) is 2.35. The third-order valence-corrected chi connectivity index (χ3v) is 3.44. The predicted molar refractivity (Wildman–Crippen MR) is 69.6 cm³/mol. The largest absolute Gasteiger partial charge is 0.315 e. The highest BCUT2D eigenvalue weighted by molar-refractivity contribution is 7.92. The molecule has 18 heavy (non-hydrogen) atoms. The van der Waals surface area contributed by atoms with Gasteiger partial charge in [-0.25, -0.2) is 18.1 Å². The van der Waals surface area contributed by atoms with Crippen molar-refractivity contribution in [3.63, 3.8) is 0 Å². The third kappa shape index (κ3) is 6.45. The summed E-state index contributed by atoms with van der Waals surface area (Å²) in [5, 5.41) is 10.3. The molecule has 102 valence electrons. The van der Waals surface area contributed by atoms with Crippen LogP contribution in [0.4, 0.5) is 5.95 Å². The molecular formula is C10H19N5O2S. The number of hydrogen-bond donors (Lipinski definition) is 2. The van der Waals surface area contributed by atoms with Gasteiger partial charge in [0.25, 0.3) is 5.95 Å². The zero-order valence-electron chi connectivity index (χ0n) is 10.6. The summed E-state index contributed by atoms with van der Waals surface area (Å²) in [6.45, 7) is 4.92. The van der Waals surface area contributed by atoms with E-state index in [-0.39, 0.29) is 11.7 Å². The van der Waals surface area contributed by atoms with Crippen LogP contribution in [0.1, 0.15) is 26.7 Å². The summed E-state index contributed by atoms with van der Waals surface area (Å²) in [5.41, 5.74) is 0. The lowest BCUT2D eigenvalue weighted by Gasteiger charge is -2.08. The van der Waals surface area contributed by atoms with Crippen molar-refractivity contribution >= 4 is 16.0 Å². The molecule has 0 saturated carbocycles. The number of nitrogens with zero attached hydrogens (tertiary/aromatic N) is 3. The molecule has 1 rings (SSSR count). The average Bonchev–Trinajstić information content (AvgIpc) is 2.28. The van der Waals surface area contributed by atoms with E-state index in [1.54, 1.807) is 0 Å². The van der Waals surface area contributed by atoms with Gasteiger partial charge in [-0.05, 0) is 19.4 Å². The molecule has 0 aromatic carbocycles. The Morgan fingerprint density at radius 3 is 2.67 bits per heavy atom. The fraction of sp³-hybridized carbons (Fsp3) is 0.700. The maximum atomic E-state index is 11.7. The van der Waals surface area contributed by atoms with Crippen molar-refractivity contribution in [2.75, 3.05) is 17.0 Å². The second-order valence-corrected chi connectivity index (χ2v) is 6.05. The van der Waals surface area contributed by atoms with Gasteiger partial charge in [-0.3, -0.25) is 0 Å². The molecule has 0 fully saturated rings. The zero-order chi connectivity index (χ0) is 13.4. The highest BCUT2D eigenvalue weighted by Gasteiger charge is 2.11. The first-order chi connectivity index (χ1) is 8.49. The molecule has 1 aromatic heterocycles. The van der Waals surface area contributed by atoms with Gasteiger partial charge in [-0.1, -0.05) is 13.8 Å². The Labute approximate surface area is 107 Å². The highest BCUT2D eigenvalue weighted by Crippen LogP contribution is 2.01. The summed E-state index contributed by atoms with van der Waals surface area (Å²) in [7, 11) is -3.38. The first-order valence-corrected chi connectivity index (χ1v) is 7.52. The van der Waals surface area contributed by atoms with E-state index in [1.165, 1.54) is 12.4 Å². The molecule has 0 spiro atoms. The number of hydrogen-bond acceptors (Lipinski definition) is 6. The van der Waals surface area contributed by atoms with Crippen molar-refractivity contribution in [1.29, 1.82) is 0 Å². The lowest BCUT2D eigenvalue weighted by atomic mass is 10.3. The van der Waals surface area contributed by atoms with E-state index < -0.39 is 10.0 Å². The number of sulfonamides is 1. The van der Waals surface area contributed by atoms with Crippen LogP contribution in [0.3, 0.4) is 0 Å². The van der Waals surface area contributed by atoms with Crippen LogP contribution < -0.4 is 10.0 Å². The quantitative estimate of drug-likeness (QED) is 0.665. The number of unbranched alkanes of at least 4 members (excludes halogenated alkanes) is 1. The fourth-order valence-electron chi connectivity index (χ4n) is 1.29. The van der Waals surface area contributed by atoms with Gasteiger partial charge in [0.2, 0.25) is 10.0 Å². The second-order valence-electron chi connectivity index (χ2n) is 4.20. The van der Waals surface area contributed by atoms with Crippen LogP contribution in [0.15, 0.2) is 12.4 Å². The molecule has 0 aliphatic rings. The second kappa shape index (κ2) is 7.22. The van der Waals surface area contributed by atoms with Crippen LogP contribution in [0.25, 0.3) is 0 Å². The van der Waals surface area contributed by atoms with Crippen LogP contribution in [-0.2, 0) is 10.0 Å². The Balaban J connectivity index is 2.28. The van der Waals surface area contributed by atoms with Gasteiger partial charge in [-0.2, -0.15) is 5.10 Å². The minimum absolute atomic E-state index is 0.0119. The zero-order valence-corrected chi connectivity index (χ0v) is 11.4. The molecule has 0 unspecified atom stereocenters. The van der Waals surface area contributed by atoms with E-state index in [9.17, 15) is 8.42 Å². The molecule has 0 aliphatic carbocycles. The van der Waals surface area contributed by atoms with Gasteiger partial charge in [0.15, 0.2) is 0 Å². The number of nitrogens with one attached hydrogen (secondary N) is 2. The lowest BCUT2D eigenvalue weighted by molar-refractivity contribution is 0.561. The number of aromatic nitrogens is 3. The minimum atomic E-state index is -3.38. The Kier molecular flexibility index (Phi) is 5.93. The molecule has 7 nitrogen and oxygen atoms in total. The van der Waals surface area contributed by atoms with Crippen LogP contribution in [-0.4, -0.2) is 41.9 Å². The van der Waals surface area contributed by atoms with Crippen molar-refractivity contribution < 1.29 is 8.42 Å². The molecule has 1 heterocycles. The van der Waals surface area contributed by atoms with Gasteiger partial charge in [0.1, 0.15) is 0 Å². The van der Waals surface area contributed by atoms with Gasteiger partial charge in [0.05, 0.1) is 18.1 Å².